The number of anilines is 1. The number of hydrogen-bond donors (Lipinski definition) is 0. The highest BCUT2D eigenvalue weighted by molar-refractivity contribution is 6.08. The lowest BCUT2D eigenvalue weighted by molar-refractivity contribution is -0.152. The Hall–Kier alpha value is -2.08. The van der Waals surface area contributed by atoms with Gasteiger partial charge in [-0.25, -0.2) is 0 Å². The number of morpholine rings is 1. The zero-order valence-electron chi connectivity index (χ0n) is 14.5. The Labute approximate surface area is 148 Å². The first-order chi connectivity index (χ1) is 12.2. The summed E-state index contributed by atoms with van der Waals surface area (Å²) >= 11 is 0. The molecule has 0 unspecified atom stereocenters. The molecular formula is C19H25N3O3. The molecule has 6 nitrogen and oxygen atoms in total. The topological polar surface area (TPSA) is 53.1 Å². The monoisotopic (exact) mass is 343 g/mol. The van der Waals surface area contributed by atoms with Gasteiger partial charge in [0, 0.05) is 45.0 Å². The number of ether oxygens (including phenoxy) is 1. The number of nitrogens with zero attached hydrogens (tertiary/aromatic N) is 3. The molecule has 1 aromatic carbocycles. The number of carbonyl (C=O) groups excluding carboxylic acids is 2. The predicted molar refractivity (Wildman–Crippen MR) is 94.3 cm³/mol. The Morgan fingerprint density at radius 3 is 1.92 bits per heavy atom. The van der Waals surface area contributed by atoms with Crippen molar-refractivity contribution in [3.05, 3.63) is 30.3 Å². The van der Waals surface area contributed by atoms with Crippen molar-refractivity contribution in [1.29, 1.82) is 0 Å². The van der Waals surface area contributed by atoms with Crippen molar-refractivity contribution >= 4 is 17.5 Å². The van der Waals surface area contributed by atoms with E-state index in [0.717, 1.165) is 13.1 Å². The molecule has 0 atom stereocenters. The fraction of sp³-hybridized carbons (Fsp3) is 0.579. The molecule has 6 heteroatoms. The number of benzene rings is 1. The van der Waals surface area contributed by atoms with E-state index in [-0.39, 0.29) is 11.8 Å². The van der Waals surface area contributed by atoms with Crippen molar-refractivity contribution in [2.24, 2.45) is 5.41 Å². The minimum atomic E-state index is -0.772. The maximum Gasteiger partial charge on any atom is 0.238 e. The Balaban J connectivity index is 1.38. The largest absolute Gasteiger partial charge is 0.378 e. The zero-order valence-corrected chi connectivity index (χ0v) is 14.5. The molecule has 1 saturated carbocycles. The van der Waals surface area contributed by atoms with E-state index in [4.69, 9.17) is 4.74 Å². The van der Waals surface area contributed by atoms with Crippen molar-refractivity contribution in [2.45, 2.75) is 12.8 Å². The number of amides is 2. The summed E-state index contributed by atoms with van der Waals surface area (Å²) < 4.78 is 5.32. The Bertz CT molecular complexity index is 631. The molecule has 1 aliphatic carbocycles. The summed E-state index contributed by atoms with van der Waals surface area (Å²) in [6.45, 7) is 5.37. The molecule has 0 aromatic heterocycles. The maximum absolute atomic E-state index is 13.0. The van der Waals surface area contributed by atoms with Gasteiger partial charge < -0.3 is 19.4 Å². The molecule has 3 fully saturated rings. The number of rotatable bonds is 3. The Morgan fingerprint density at radius 2 is 1.36 bits per heavy atom. The van der Waals surface area contributed by atoms with Gasteiger partial charge in [-0.1, -0.05) is 18.2 Å². The molecule has 0 bridgehead atoms. The van der Waals surface area contributed by atoms with E-state index >= 15 is 0 Å². The normalized spacial score (nSPS) is 22.6. The second kappa shape index (κ2) is 6.67. The average molecular weight is 343 g/mol. The molecular weight excluding hydrogens is 318 g/mol. The number of para-hydroxylation sites is 1. The summed E-state index contributed by atoms with van der Waals surface area (Å²) in [4.78, 5) is 31.9. The highest BCUT2D eigenvalue weighted by atomic mass is 16.5. The van der Waals surface area contributed by atoms with Crippen LogP contribution >= 0.6 is 0 Å². The van der Waals surface area contributed by atoms with E-state index in [1.54, 1.807) is 0 Å². The highest BCUT2D eigenvalue weighted by Gasteiger charge is 2.59. The minimum Gasteiger partial charge on any atom is -0.378 e. The molecule has 2 aliphatic heterocycles. The van der Waals surface area contributed by atoms with Gasteiger partial charge in [0.1, 0.15) is 5.41 Å². The quantitative estimate of drug-likeness (QED) is 0.768. The summed E-state index contributed by atoms with van der Waals surface area (Å²) in [5, 5.41) is 0. The van der Waals surface area contributed by atoms with E-state index < -0.39 is 5.41 Å². The second-order valence-corrected chi connectivity index (χ2v) is 7.10. The first kappa shape index (κ1) is 16.4. The lowest BCUT2D eigenvalue weighted by Gasteiger charge is -2.38. The summed E-state index contributed by atoms with van der Waals surface area (Å²) in [5.41, 5.74) is 0.423. The minimum absolute atomic E-state index is 0.0197. The summed E-state index contributed by atoms with van der Waals surface area (Å²) in [6.07, 6.45) is 1.39. The van der Waals surface area contributed by atoms with Gasteiger partial charge >= 0.3 is 0 Å². The van der Waals surface area contributed by atoms with Crippen molar-refractivity contribution in [3.63, 3.8) is 0 Å². The molecule has 3 aliphatic rings. The first-order valence-corrected chi connectivity index (χ1v) is 9.17. The fourth-order valence-corrected chi connectivity index (χ4v) is 3.82. The van der Waals surface area contributed by atoms with Gasteiger partial charge in [-0.3, -0.25) is 9.59 Å². The van der Waals surface area contributed by atoms with Crippen LogP contribution in [0.4, 0.5) is 5.69 Å². The third-order valence-electron chi connectivity index (χ3n) is 5.56. The second-order valence-electron chi connectivity index (χ2n) is 7.10. The third kappa shape index (κ3) is 3.11. The first-order valence-electron chi connectivity index (χ1n) is 9.17. The van der Waals surface area contributed by atoms with Crippen LogP contribution in [0.2, 0.25) is 0 Å². The molecule has 0 spiro atoms. The summed E-state index contributed by atoms with van der Waals surface area (Å²) in [5.74, 6) is 0.0583. The number of carbonyl (C=O) groups is 2. The summed E-state index contributed by atoms with van der Waals surface area (Å²) in [7, 11) is 0. The zero-order chi connectivity index (χ0) is 17.3. The third-order valence-corrected chi connectivity index (χ3v) is 5.56. The van der Waals surface area contributed by atoms with Gasteiger partial charge in [0.15, 0.2) is 0 Å². The maximum atomic E-state index is 13.0. The molecule has 0 radical (unpaired) electrons. The molecule has 134 valence electrons. The smallest absolute Gasteiger partial charge is 0.238 e. The van der Waals surface area contributed by atoms with Crippen LogP contribution < -0.4 is 4.90 Å². The van der Waals surface area contributed by atoms with Gasteiger partial charge in [-0.2, -0.15) is 0 Å². The number of piperazine rings is 1. The molecule has 2 saturated heterocycles. The van der Waals surface area contributed by atoms with Crippen LogP contribution in [0, 0.1) is 5.41 Å². The molecule has 0 N–H and O–H groups in total. The van der Waals surface area contributed by atoms with E-state index in [2.05, 4.69) is 17.0 Å². The SMILES string of the molecule is O=C(N1CCOCC1)C1(C(=O)N2CCN(c3ccccc3)CC2)CC1. The van der Waals surface area contributed by atoms with Crippen LogP contribution in [0.15, 0.2) is 30.3 Å². The van der Waals surface area contributed by atoms with Crippen LogP contribution in [0.5, 0.6) is 0 Å². The van der Waals surface area contributed by atoms with E-state index in [1.807, 2.05) is 28.0 Å². The van der Waals surface area contributed by atoms with Crippen molar-refractivity contribution < 1.29 is 14.3 Å². The van der Waals surface area contributed by atoms with Crippen LogP contribution in [0.3, 0.4) is 0 Å². The number of hydrogen-bond acceptors (Lipinski definition) is 4. The lowest BCUT2D eigenvalue weighted by atomic mass is 10.0. The Morgan fingerprint density at radius 1 is 0.800 bits per heavy atom. The van der Waals surface area contributed by atoms with Crippen LogP contribution in [0.1, 0.15) is 12.8 Å². The van der Waals surface area contributed by atoms with Crippen LogP contribution in [0.25, 0.3) is 0 Å². The van der Waals surface area contributed by atoms with Crippen molar-refractivity contribution in [2.75, 3.05) is 57.4 Å². The van der Waals surface area contributed by atoms with Gasteiger partial charge in [0.2, 0.25) is 11.8 Å². The van der Waals surface area contributed by atoms with E-state index in [0.29, 0.717) is 52.2 Å². The van der Waals surface area contributed by atoms with Gasteiger partial charge in [-0.05, 0) is 25.0 Å². The molecule has 2 amide bonds. The summed E-state index contributed by atoms with van der Waals surface area (Å²) in [6, 6.07) is 10.3. The van der Waals surface area contributed by atoms with Gasteiger partial charge in [0.25, 0.3) is 0 Å². The highest BCUT2D eigenvalue weighted by Crippen LogP contribution is 2.49. The van der Waals surface area contributed by atoms with E-state index in [1.165, 1.54) is 5.69 Å². The van der Waals surface area contributed by atoms with Crippen LogP contribution in [-0.4, -0.2) is 74.1 Å². The van der Waals surface area contributed by atoms with Gasteiger partial charge in [0.05, 0.1) is 13.2 Å². The molecule has 4 rings (SSSR count). The van der Waals surface area contributed by atoms with Gasteiger partial charge in [-0.15, -0.1) is 0 Å². The standard InChI is InChI=1S/C19H25N3O3/c23-17(19(6-7-19)18(24)22-12-14-25-15-13-22)21-10-8-20(9-11-21)16-4-2-1-3-5-16/h1-5H,6-15H2. The molecule has 2 heterocycles. The molecule has 1 aromatic rings. The van der Waals surface area contributed by atoms with E-state index in [9.17, 15) is 9.59 Å². The predicted octanol–water partition coefficient (Wildman–Crippen LogP) is 0.974. The fourth-order valence-electron chi connectivity index (χ4n) is 3.82. The van der Waals surface area contributed by atoms with Crippen LogP contribution in [-0.2, 0) is 14.3 Å². The average Bonchev–Trinajstić information content (AvgIpc) is 3.50. The lowest BCUT2D eigenvalue weighted by Crippen LogP contribution is -2.54. The van der Waals surface area contributed by atoms with Crippen molar-refractivity contribution in [3.8, 4) is 0 Å². The van der Waals surface area contributed by atoms with Crippen molar-refractivity contribution in [1.82, 2.24) is 9.80 Å². The molecule has 25 heavy (non-hydrogen) atoms. The Kier molecular flexibility index (Phi) is 4.37.